The highest BCUT2D eigenvalue weighted by molar-refractivity contribution is 5.94. The van der Waals surface area contributed by atoms with E-state index >= 15 is 0 Å². The van der Waals surface area contributed by atoms with Crippen molar-refractivity contribution in [2.45, 2.75) is 13.0 Å². The molecular formula is C12H16FNO3. The second-order valence-electron chi connectivity index (χ2n) is 3.76. The Bertz CT molecular complexity index is 395. The van der Waals surface area contributed by atoms with Gasteiger partial charge in [0.2, 0.25) is 0 Å². The second-order valence-corrected chi connectivity index (χ2v) is 3.76. The van der Waals surface area contributed by atoms with E-state index in [1.54, 1.807) is 19.1 Å². The molecular weight excluding hydrogens is 225 g/mol. The summed E-state index contributed by atoms with van der Waals surface area (Å²) >= 11 is 0. The number of hydrogen-bond acceptors (Lipinski definition) is 3. The van der Waals surface area contributed by atoms with Gasteiger partial charge in [-0.25, -0.2) is 4.39 Å². The van der Waals surface area contributed by atoms with E-state index in [1.165, 1.54) is 13.2 Å². The van der Waals surface area contributed by atoms with E-state index in [-0.39, 0.29) is 18.7 Å². The molecule has 0 aliphatic heterocycles. The van der Waals surface area contributed by atoms with Crippen LogP contribution < -0.4 is 5.32 Å². The number of benzene rings is 1. The van der Waals surface area contributed by atoms with Crippen molar-refractivity contribution in [3.05, 3.63) is 35.1 Å². The van der Waals surface area contributed by atoms with Gasteiger partial charge in [-0.2, -0.15) is 0 Å². The minimum absolute atomic E-state index is 0.0189. The highest BCUT2D eigenvalue weighted by atomic mass is 19.1. The molecule has 0 aliphatic rings. The maximum absolute atomic E-state index is 13.6. The van der Waals surface area contributed by atoms with Crippen molar-refractivity contribution in [3.8, 4) is 0 Å². The molecule has 1 aromatic carbocycles. The molecule has 0 saturated heterocycles. The van der Waals surface area contributed by atoms with Gasteiger partial charge in [0.1, 0.15) is 5.82 Å². The molecule has 1 aromatic rings. The van der Waals surface area contributed by atoms with Crippen LogP contribution in [0.25, 0.3) is 0 Å². The zero-order chi connectivity index (χ0) is 12.8. The topological polar surface area (TPSA) is 58.6 Å². The Morgan fingerprint density at radius 3 is 2.94 bits per heavy atom. The monoisotopic (exact) mass is 241 g/mol. The van der Waals surface area contributed by atoms with Crippen molar-refractivity contribution in [2.24, 2.45) is 0 Å². The van der Waals surface area contributed by atoms with Crippen LogP contribution in [0.5, 0.6) is 0 Å². The molecule has 1 unspecified atom stereocenters. The first kappa shape index (κ1) is 13.6. The first-order valence-electron chi connectivity index (χ1n) is 5.26. The van der Waals surface area contributed by atoms with Crippen molar-refractivity contribution in [1.82, 2.24) is 5.32 Å². The fraction of sp³-hybridized carbons (Fsp3) is 0.417. The van der Waals surface area contributed by atoms with E-state index in [0.717, 1.165) is 0 Å². The van der Waals surface area contributed by atoms with Gasteiger partial charge in [-0.05, 0) is 18.6 Å². The molecule has 1 atom stereocenters. The molecule has 2 N–H and O–H groups in total. The molecule has 1 amide bonds. The minimum atomic E-state index is -0.795. The van der Waals surface area contributed by atoms with Crippen molar-refractivity contribution in [3.63, 3.8) is 0 Å². The van der Waals surface area contributed by atoms with E-state index in [9.17, 15) is 14.3 Å². The number of hydrogen-bond donors (Lipinski definition) is 2. The Hall–Kier alpha value is -1.46. The Morgan fingerprint density at radius 2 is 2.29 bits per heavy atom. The van der Waals surface area contributed by atoms with E-state index in [4.69, 9.17) is 4.74 Å². The molecule has 0 aliphatic carbocycles. The first-order chi connectivity index (χ1) is 8.06. The van der Waals surface area contributed by atoms with Crippen LogP contribution in [0, 0.1) is 12.7 Å². The van der Waals surface area contributed by atoms with E-state index < -0.39 is 17.8 Å². The zero-order valence-corrected chi connectivity index (χ0v) is 9.87. The normalized spacial score (nSPS) is 12.2. The summed E-state index contributed by atoms with van der Waals surface area (Å²) in [7, 11) is 1.45. The van der Waals surface area contributed by atoms with E-state index in [1.807, 2.05) is 0 Å². The van der Waals surface area contributed by atoms with Gasteiger partial charge in [-0.15, -0.1) is 0 Å². The Kier molecular flexibility index (Phi) is 5.06. The third-order valence-electron chi connectivity index (χ3n) is 2.29. The van der Waals surface area contributed by atoms with Gasteiger partial charge in [0, 0.05) is 13.7 Å². The first-order valence-corrected chi connectivity index (χ1v) is 5.26. The number of methoxy groups -OCH3 is 1. The molecule has 1 rings (SSSR count). The maximum atomic E-state index is 13.6. The molecule has 0 heterocycles. The second kappa shape index (κ2) is 6.32. The van der Waals surface area contributed by atoms with Crippen molar-refractivity contribution in [1.29, 1.82) is 0 Å². The summed E-state index contributed by atoms with van der Waals surface area (Å²) in [5.41, 5.74) is 0.393. The van der Waals surface area contributed by atoms with E-state index in [0.29, 0.717) is 5.56 Å². The molecule has 4 nitrogen and oxygen atoms in total. The highest BCUT2D eigenvalue weighted by Crippen LogP contribution is 2.11. The average molecular weight is 241 g/mol. The summed E-state index contributed by atoms with van der Waals surface area (Å²) in [5, 5.41) is 11.8. The van der Waals surface area contributed by atoms with Gasteiger partial charge in [-0.3, -0.25) is 4.79 Å². The van der Waals surface area contributed by atoms with Crippen molar-refractivity contribution in [2.75, 3.05) is 20.3 Å². The number of aliphatic hydroxyl groups excluding tert-OH is 1. The summed E-state index contributed by atoms with van der Waals surface area (Å²) < 4.78 is 18.3. The lowest BCUT2D eigenvalue weighted by molar-refractivity contribution is 0.0609. The quantitative estimate of drug-likeness (QED) is 0.804. The number of rotatable bonds is 5. The maximum Gasteiger partial charge on any atom is 0.254 e. The molecule has 94 valence electrons. The number of nitrogens with one attached hydrogen (secondary N) is 1. The van der Waals surface area contributed by atoms with Crippen LogP contribution in [-0.4, -0.2) is 37.4 Å². The molecule has 0 bridgehead atoms. The summed E-state index contributed by atoms with van der Waals surface area (Å²) in [5.74, 6) is -1.08. The number of halogens is 1. The van der Waals surface area contributed by atoms with Crippen LogP contribution in [-0.2, 0) is 4.74 Å². The number of ether oxygens (including phenoxy) is 1. The largest absolute Gasteiger partial charge is 0.389 e. The Balaban J connectivity index is 2.61. The molecule has 0 spiro atoms. The number of amides is 1. The Labute approximate surface area is 99.4 Å². The highest BCUT2D eigenvalue weighted by Gasteiger charge is 2.14. The predicted molar refractivity (Wildman–Crippen MR) is 61.4 cm³/mol. The van der Waals surface area contributed by atoms with Gasteiger partial charge >= 0.3 is 0 Å². The molecule has 5 heteroatoms. The van der Waals surface area contributed by atoms with Crippen molar-refractivity contribution < 1.29 is 19.0 Å². The summed E-state index contributed by atoms with van der Waals surface area (Å²) in [6.07, 6.45) is -0.795. The minimum Gasteiger partial charge on any atom is -0.389 e. The number of aliphatic hydroxyl groups is 1. The fourth-order valence-electron chi connectivity index (χ4n) is 1.38. The molecule has 0 aromatic heterocycles. The summed E-state index contributed by atoms with van der Waals surface area (Å²) in [4.78, 5) is 11.6. The van der Waals surface area contributed by atoms with Gasteiger partial charge in [0.15, 0.2) is 0 Å². The van der Waals surface area contributed by atoms with Gasteiger partial charge < -0.3 is 15.2 Å². The zero-order valence-electron chi connectivity index (χ0n) is 9.87. The third kappa shape index (κ3) is 3.80. The van der Waals surface area contributed by atoms with Crippen LogP contribution in [0.15, 0.2) is 18.2 Å². The van der Waals surface area contributed by atoms with Crippen LogP contribution in [0.1, 0.15) is 15.9 Å². The van der Waals surface area contributed by atoms with Gasteiger partial charge in [0.25, 0.3) is 5.91 Å². The average Bonchev–Trinajstić information content (AvgIpc) is 2.30. The van der Waals surface area contributed by atoms with Crippen molar-refractivity contribution >= 4 is 5.91 Å². The number of carbonyl (C=O) groups is 1. The van der Waals surface area contributed by atoms with Crippen LogP contribution in [0.4, 0.5) is 4.39 Å². The van der Waals surface area contributed by atoms with Crippen LogP contribution >= 0.6 is 0 Å². The smallest absolute Gasteiger partial charge is 0.254 e. The number of carbonyl (C=O) groups excluding carboxylic acids is 1. The van der Waals surface area contributed by atoms with Crippen LogP contribution in [0.2, 0.25) is 0 Å². The predicted octanol–water partition coefficient (Wildman–Crippen LogP) is 0.871. The Morgan fingerprint density at radius 1 is 1.59 bits per heavy atom. The fourth-order valence-corrected chi connectivity index (χ4v) is 1.38. The lowest BCUT2D eigenvalue weighted by Crippen LogP contribution is -2.34. The number of aryl methyl sites for hydroxylation is 1. The molecule has 0 radical (unpaired) electrons. The lowest BCUT2D eigenvalue weighted by Gasteiger charge is -2.11. The third-order valence-corrected chi connectivity index (χ3v) is 2.29. The molecule has 0 saturated carbocycles. The summed E-state index contributed by atoms with van der Waals surface area (Å²) in [6, 6.07) is 4.60. The van der Waals surface area contributed by atoms with Crippen LogP contribution in [0.3, 0.4) is 0 Å². The molecule has 0 fully saturated rings. The summed E-state index contributed by atoms with van der Waals surface area (Å²) in [6.45, 7) is 1.74. The van der Waals surface area contributed by atoms with Gasteiger partial charge in [0.05, 0.1) is 18.3 Å². The SMILES string of the molecule is COCC(O)CNC(=O)c1cccc(C)c1F. The lowest BCUT2D eigenvalue weighted by atomic mass is 10.1. The van der Waals surface area contributed by atoms with E-state index in [2.05, 4.69) is 5.32 Å². The van der Waals surface area contributed by atoms with Gasteiger partial charge in [-0.1, -0.05) is 12.1 Å². The standard InChI is InChI=1S/C12H16FNO3/c1-8-4-3-5-10(11(8)13)12(16)14-6-9(15)7-17-2/h3-5,9,15H,6-7H2,1-2H3,(H,14,16). The molecule has 17 heavy (non-hydrogen) atoms.